The van der Waals surface area contributed by atoms with Crippen molar-refractivity contribution < 1.29 is 9.59 Å². The maximum absolute atomic E-state index is 14.6. The summed E-state index contributed by atoms with van der Waals surface area (Å²) >= 11 is -0.759. The number of amides is 2. The molecule has 2 aliphatic heterocycles. The molecule has 0 radical (unpaired) electrons. The van der Waals surface area contributed by atoms with E-state index in [1.165, 1.54) is 128 Å². The van der Waals surface area contributed by atoms with Gasteiger partial charge in [0, 0.05) is 0 Å². The van der Waals surface area contributed by atoms with E-state index in [-0.39, 0.29) is 11.8 Å². The standard InChI is InChI=1S/C30H38N2O2S2.6C4H9.2Sn/c1-3-5-7-9-11-13-19-31-27(23-17-15-21-35-23)25-26(29(31)33)28(24-18-16-22-36-24)32(30(25)34)20-14-12-10-8-6-4-2;6*1-3-4-2;;/h15-18,21-22H,1-14,19-20H2;6*1,3-4H2,2H3;;. The Morgan fingerprint density at radius 1 is 0.387 bits per heavy atom. The molecular weight excluding hydrogens is 1010 g/mol. The van der Waals surface area contributed by atoms with Gasteiger partial charge in [0.05, 0.1) is 0 Å². The van der Waals surface area contributed by atoms with Crippen LogP contribution in [0.2, 0.25) is 35.5 Å². The molecule has 0 unspecified atom stereocenters. The van der Waals surface area contributed by atoms with Gasteiger partial charge < -0.3 is 0 Å². The first-order valence-corrected chi connectivity index (χ1v) is 44.5. The van der Waals surface area contributed by atoms with Crippen LogP contribution >= 0.6 is 22.7 Å². The number of fused-ring (bicyclic) bond motifs is 1. The SMILES string of the molecule is CCC[CH2][Sn]([CH2]CCC)([CH2]CCC)[CH2]CCCCCCCN1C(=O)C2=C(c3cccs3)N(CCCCCCC[CH2][Sn]([CH2]CCC)([CH2]CCC)[CH2]CCC)C(=O)C2=C1c1cccs1. The van der Waals surface area contributed by atoms with Gasteiger partial charge >= 0.3 is 379 Å². The topological polar surface area (TPSA) is 40.6 Å². The fourth-order valence-electron chi connectivity index (χ4n) is 10.9. The zero-order valence-corrected chi connectivity index (χ0v) is 48.4. The fraction of sp³-hybridized carbons (Fsp3) is 0.741. The van der Waals surface area contributed by atoms with Crippen LogP contribution in [-0.2, 0) is 9.59 Å². The van der Waals surface area contributed by atoms with Gasteiger partial charge in [-0.3, -0.25) is 0 Å². The fourth-order valence-corrected chi connectivity index (χ4v) is 45.7. The zero-order chi connectivity index (χ0) is 44.5. The molecule has 0 saturated heterocycles. The van der Waals surface area contributed by atoms with Gasteiger partial charge in [-0.15, -0.1) is 0 Å². The van der Waals surface area contributed by atoms with Crippen LogP contribution in [0.15, 0.2) is 46.2 Å². The molecular formula is C54H92N2O2S2Sn2. The normalized spacial score (nSPS) is 14.7. The van der Waals surface area contributed by atoms with E-state index in [1.54, 1.807) is 58.2 Å². The van der Waals surface area contributed by atoms with Crippen LogP contribution in [0, 0.1) is 0 Å². The quantitative estimate of drug-likeness (QED) is 0.0497. The van der Waals surface area contributed by atoms with Gasteiger partial charge in [-0.25, -0.2) is 0 Å². The van der Waals surface area contributed by atoms with E-state index in [9.17, 15) is 9.59 Å². The van der Waals surface area contributed by atoms with Crippen molar-refractivity contribution in [1.29, 1.82) is 0 Å². The number of carbonyl (C=O) groups is 2. The maximum atomic E-state index is 14.6. The number of hydrogen-bond acceptors (Lipinski definition) is 4. The summed E-state index contributed by atoms with van der Waals surface area (Å²) in [5, 5.41) is 4.17. The van der Waals surface area contributed by atoms with E-state index in [4.69, 9.17) is 0 Å². The van der Waals surface area contributed by atoms with Crippen LogP contribution in [0.1, 0.15) is 205 Å². The summed E-state index contributed by atoms with van der Waals surface area (Å²) in [6.07, 6.45) is 32.0. The van der Waals surface area contributed by atoms with E-state index in [0.717, 1.165) is 46.8 Å². The minimum atomic E-state index is -2.03. The molecule has 2 aromatic heterocycles. The van der Waals surface area contributed by atoms with Crippen LogP contribution < -0.4 is 0 Å². The van der Waals surface area contributed by atoms with Gasteiger partial charge in [0.1, 0.15) is 0 Å². The molecule has 62 heavy (non-hydrogen) atoms. The molecule has 0 saturated carbocycles. The van der Waals surface area contributed by atoms with E-state index in [1.807, 2.05) is 9.80 Å². The third-order valence-corrected chi connectivity index (χ3v) is 48.8. The van der Waals surface area contributed by atoms with Crippen molar-refractivity contribution in [2.24, 2.45) is 0 Å². The Morgan fingerprint density at radius 3 is 0.935 bits per heavy atom. The predicted octanol–water partition coefficient (Wildman–Crippen LogP) is 18.0. The second-order valence-electron chi connectivity index (χ2n) is 19.7. The van der Waals surface area contributed by atoms with Crippen molar-refractivity contribution in [3.05, 3.63) is 55.9 Å². The summed E-state index contributed by atoms with van der Waals surface area (Å²) in [6, 6.07) is 8.33. The Morgan fingerprint density at radius 2 is 0.661 bits per heavy atom. The number of hydrogen-bond donors (Lipinski definition) is 0. The van der Waals surface area contributed by atoms with E-state index in [2.05, 4.69) is 76.6 Å². The molecule has 4 nitrogen and oxygen atoms in total. The minimum Gasteiger partial charge on any atom is -0.0508 e. The van der Waals surface area contributed by atoms with Gasteiger partial charge in [0.2, 0.25) is 0 Å². The monoisotopic (exact) mass is 1100 g/mol. The van der Waals surface area contributed by atoms with E-state index in [0.29, 0.717) is 24.2 Å². The van der Waals surface area contributed by atoms with E-state index >= 15 is 0 Å². The molecule has 0 spiro atoms. The molecule has 0 N–H and O–H groups in total. The summed E-state index contributed by atoms with van der Waals surface area (Å²) in [5.41, 5.74) is 3.06. The molecule has 0 bridgehead atoms. The van der Waals surface area contributed by atoms with Crippen molar-refractivity contribution in [3.63, 3.8) is 0 Å². The molecule has 8 heteroatoms. The Balaban J connectivity index is 1.33. The smallest absolute Gasteiger partial charge is 0.0508 e. The molecule has 4 rings (SSSR count). The molecule has 2 amide bonds. The van der Waals surface area contributed by atoms with Crippen molar-refractivity contribution in [2.75, 3.05) is 13.1 Å². The molecule has 350 valence electrons. The number of nitrogens with zero attached hydrogens (tertiary/aromatic N) is 2. The summed E-state index contributed by atoms with van der Waals surface area (Å²) in [5.74, 6) is 0.0759. The molecule has 2 aliphatic rings. The molecule has 0 aliphatic carbocycles. The first kappa shape index (κ1) is 54.0. The van der Waals surface area contributed by atoms with Gasteiger partial charge in [0.15, 0.2) is 0 Å². The number of rotatable bonds is 38. The summed E-state index contributed by atoms with van der Waals surface area (Å²) in [4.78, 5) is 35.3. The van der Waals surface area contributed by atoms with Crippen molar-refractivity contribution in [2.45, 2.75) is 231 Å². The van der Waals surface area contributed by atoms with Gasteiger partial charge in [-0.1, -0.05) is 12.1 Å². The van der Waals surface area contributed by atoms with Crippen LogP contribution in [0.5, 0.6) is 0 Å². The van der Waals surface area contributed by atoms with Crippen LogP contribution in [0.25, 0.3) is 11.4 Å². The van der Waals surface area contributed by atoms with Crippen molar-refractivity contribution in [1.82, 2.24) is 9.80 Å². The third kappa shape index (κ3) is 16.3. The predicted molar refractivity (Wildman–Crippen MR) is 281 cm³/mol. The molecule has 2 aromatic rings. The first-order valence-electron chi connectivity index (χ1n) is 26.5. The van der Waals surface area contributed by atoms with Crippen molar-refractivity contribution in [3.8, 4) is 0 Å². The Labute approximate surface area is 398 Å². The first-order chi connectivity index (χ1) is 30.3. The number of unbranched alkanes of at least 4 members (excludes halogenated alkanes) is 16. The van der Waals surface area contributed by atoms with Gasteiger partial charge in [-0.2, -0.15) is 0 Å². The van der Waals surface area contributed by atoms with Crippen LogP contribution in [-0.4, -0.2) is 71.5 Å². The summed E-state index contributed by atoms with van der Waals surface area (Å²) in [6.45, 7) is 15.7. The Bertz CT molecular complexity index is 1440. The molecule has 0 atom stereocenters. The number of thiophene rings is 2. The minimum absolute atomic E-state index is 0.0379. The zero-order valence-electron chi connectivity index (χ0n) is 41.0. The third-order valence-electron chi connectivity index (χ3n) is 14.7. The second-order valence-corrected chi connectivity index (χ2v) is 50.1. The second kappa shape index (κ2) is 30.7. The average molecular weight is 1100 g/mol. The molecule has 4 heterocycles. The average Bonchev–Trinajstić information content (AvgIpc) is 4.11. The molecule has 0 fully saturated rings. The van der Waals surface area contributed by atoms with Crippen molar-refractivity contribution >= 4 is 82.6 Å². The van der Waals surface area contributed by atoms with Crippen LogP contribution in [0.4, 0.5) is 0 Å². The van der Waals surface area contributed by atoms with Gasteiger partial charge in [-0.05, 0) is 10.8 Å². The van der Waals surface area contributed by atoms with E-state index < -0.39 is 36.8 Å². The van der Waals surface area contributed by atoms with Gasteiger partial charge in [0.25, 0.3) is 0 Å². The Kier molecular flexibility index (Phi) is 26.7. The molecule has 0 aromatic carbocycles. The number of carbonyl (C=O) groups excluding carboxylic acids is 2. The summed E-state index contributed by atoms with van der Waals surface area (Å²) < 4.78 is 13.0. The Hall–Kier alpha value is -0.583. The van der Waals surface area contributed by atoms with Crippen LogP contribution in [0.3, 0.4) is 0 Å². The summed E-state index contributed by atoms with van der Waals surface area (Å²) in [7, 11) is 0.